The fourth-order valence-electron chi connectivity index (χ4n) is 2.65. The van der Waals surface area contributed by atoms with Crippen molar-refractivity contribution in [3.63, 3.8) is 0 Å². The molecule has 0 aliphatic heterocycles. The molecule has 2 N–H and O–H groups in total. The number of ether oxygens (including phenoxy) is 1. The number of nitrogens with one attached hydrogen (secondary N) is 1. The Balaban J connectivity index is 2.02. The summed E-state index contributed by atoms with van der Waals surface area (Å²) in [6.07, 6.45) is 7.02. The van der Waals surface area contributed by atoms with Crippen LogP contribution < -0.4 is 10.1 Å². The number of benzene rings is 1. The number of methoxy groups -OCH3 is 1. The maximum atomic E-state index is 12.0. The van der Waals surface area contributed by atoms with E-state index in [2.05, 4.69) is 5.32 Å². The van der Waals surface area contributed by atoms with E-state index < -0.39 is 5.54 Å². The van der Waals surface area contributed by atoms with Crippen molar-refractivity contribution < 1.29 is 14.6 Å². The maximum Gasteiger partial charge on any atom is 0.244 e. The van der Waals surface area contributed by atoms with Gasteiger partial charge < -0.3 is 15.2 Å². The molecule has 0 spiro atoms. The van der Waals surface area contributed by atoms with E-state index in [0.29, 0.717) is 0 Å². The van der Waals surface area contributed by atoms with Crippen LogP contribution in [0.25, 0.3) is 6.08 Å². The zero-order chi connectivity index (χ0) is 14.4. The van der Waals surface area contributed by atoms with Crippen molar-refractivity contribution in [1.82, 2.24) is 5.32 Å². The van der Waals surface area contributed by atoms with Crippen LogP contribution in [0.2, 0.25) is 0 Å². The summed E-state index contributed by atoms with van der Waals surface area (Å²) in [5, 5.41) is 12.4. The number of hydrogen-bond donors (Lipinski definition) is 2. The van der Waals surface area contributed by atoms with Crippen molar-refractivity contribution in [2.75, 3.05) is 13.7 Å². The van der Waals surface area contributed by atoms with Crippen LogP contribution in [0.4, 0.5) is 0 Å². The quantitative estimate of drug-likeness (QED) is 0.809. The molecular formula is C16H21NO3. The molecule has 0 saturated heterocycles. The van der Waals surface area contributed by atoms with E-state index in [1.165, 1.54) is 6.08 Å². The Morgan fingerprint density at radius 1 is 1.40 bits per heavy atom. The van der Waals surface area contributed by atoms with Gasteiger partial charge in [-0.2, -0.15) is 0 Å². The Kier molecular flexibility index (Phi) is 4.79. The molecule has 1 aliphatic rings. The second-order valence-electron chi connectivity index (χ2n) is 5.21. The summed E-state index contributed by atoms with van der Waals surface area (Å²) in [7, 11) is 1.60. The minimum atomic E-state index is -0.428. The second-order valence-corrected chi connectivity index (χ2v) is 5.21. The van der Waals surface area contributed by atoms with Gasteiger partial charge in [-0.15, -0.1) is 0 Å². The fourth-order valence-corrected chi connectivity index (χ4v) is 2.65. The number of para-hydroxylation sites is 1. The Bertz CT molecular complexity index is 490. The number of carbonyl (C=O) groups is 1. The number of amides is 1. The normalized spacial score (nSPS) is 17.3. The van der Waals surface area contributed by atoms with E-state index in [0.717, 1.165) is 37.0 Å². The molecular weight excluding hydrogens is 254 g/mol. The van der Waals surface area contributed by atoms with Gasteiger partial charge in [-0.3, -0.25) is 4.79 Å². The Labute approximate surface area is 119 Å². The highest BCUT2D eigenvalue weighted by Crippen LogP contribution is 2.29. The number of hydrogen-bond acceptors (Lipinski definition) is 3. The molecule has 0 unspecified atom stereocenters. The number of carbonyl (C=O) groups excluding carboxylic acids is 1. The van der Waals surface area contributed by atoms with Crippen LogP contribution in [0.3, 0.4) is 0 Å². The molecule has 1 aliphatic carbocycles. The molecule has 0 bridgehead atoms. The predicted octanol–water partition coefficient (Wildman–Crippen LogP) is 2.13. The zero-order valence-corrected chi connectivity index (χ0v) is 11.8. The van der Waals surface area contributed by atoms with Gasteiger partial charge in [-0.1, -0.05) is 31.0 Å². The van der Waals surface area contributed by atoms with Crippen LogP contribution in [-0.2, 0) is 4.79 Å². The lowest BCUT2D eigenvalue weighted by Crippen LogP contribution is -2.48. The van der Waals surface area contributed by atoms with E-state index in [-0.39, 0.29) is 12.5 Å². The molecule has 1 aromatic carbocycles. The molecule has 20 heavy (non-hydrogen) atoms. The second kappa shape index (κ2) is 6.57. The van der Waals surface area contributed by atoms with E-state index >= 15 is 0 Å². The van der Waals surface area contributed by atoms with Crippen molar-refractivity contribution >= 4 is 12.0 Å². The van der Waals surface area contributed by atoms with Gasteiger partial charge in [0.15, 0.2) is 0 Å². The first kappa shape index (κ1) is 14.6. The summed E-state index contributed by atoms with van der Waals surface area (Å²) in [6, 6.07) is 7.52. The number of aliphatic hydroxyl groups excluding tert-OH is 1. The lowest BCUT2D eigenvalue weighted by atomic mass is 9.99. The smallest absolute Gasteiger partial charge is 0.244 e. The highest BCUT2D eigenvalue weighted by molar-refractivity contribution is 5.92. The van der Waals surface area contributed by atoms with E-state index in [1.54, 1.807) is 13.2 Å². The minimum Gasteiger partial charge on any atom is -0.496 e. The summed E-state index contributed by atoms with van der Waals surface area (Å²) < 4.78 is 5.23. The van der Waals surface area contributed by atoms with Crippen LogP contribution in [0.1, 0.15) is 31.2 Å². The lowest BCUT2D eigenvalue weighted by molar-refractivity contribution is -0.118. The van der Waals surface area contributed by atoms with Crippen LogP contribution >= 0.6 is 0 Å². The van der Waals surface area contributed by atoms with E-state index in [4.69, 9.17) is 4.74 Å². The highest BCUT2D eigenvalue weighted by Gasteiger charge is 2.33. The van der Waals surface area contributed by atoms with Crippen LogP contribution in [-0.4, -0.2) is 30.3 Å². The first-order valence-corrected chi connectivity index (χ1v) is 6.93. The highest BCUT2D eigenvalue weighted by atomic mass is 16.5. The number of aliphatic hydroxyl groups is 1. The predicted molar refractivity (Wildman–Crippen MR) is 78.5 cm³/mol. The van der Waals surface area contributed by atoms with Crippen molar-refractivity contribution in [2.24, 2.45) is 0 Å². The molecule has 1 saturated carbocycles. The van der Waals surface area contributed by atoms with Gasteiger partial charge in [0.2, 0.25) is 5.91 Å². The van der Waals surface area contributed by atoms with Gasteiger partial charge in [0.1, 0.15) is 5.75 Å². The van der Waals surface area contributed by atoms with Gasteiger partial charge in [-0.05, 0) is 25.0 Å². The van der Waals surface area contributed by atoms with E-state index in [1.807, 2.05) is 24.3 Å². The van der Waals surface area contributed by atoms with Gasteiger partial charge in [0, 0.05) is 11.6 Å². The largest absolute Gasteiger partial charge is 0.496 e. The minimum absolute atomic E-state index is 0.00123. The van der Waals surface area contributed by atoms with Crippen LogP contribution in [0.5, 0.6) is 5.75 Å². The third-order valence-corrected chi connectivity index (χ3v) is 3.80. The summed E-state index contributed by atoms with van der Waals surface area (Å²) >= 11 is 0. The SMILES string of the molecule is COc1ccccc1/C=C/C(=O)NC1(CO)CCCC1. The summed E-state index contributed by atoms with van der Waals surface area (Å²) in [6.45, 7) is 0.00123. The maximum absolute atomic E-state index is 12.0. The molecule has 0 atom stereocenters. The zero-order valence-electron chi connectivity index (χ0n) is 11.8. The molecule has 1 amide bonds. The summed E-state index contributed by atoms with van der Waals surface area (Å²) in [5.41, 5.74) is 0.428. The lowest BCUT2D eigenvalue weighted by Gasteiger charge is -2.27. The first-order chi connectivity index (χ1) is 9.69. The van der Waals surface area contributed by atoms with Gasteiger partial charge in [0.05, 0.1) is 19.3 Å². The Morgan fingerprint density at radius 3 is 2.75 bits per heavy atom. The average Bonchev–Trinajstić information content (AvgIpc) is 2.94. The molecule has 4 heteroatoms. The Morgan fingerprint density at radius 2 is 2.10 bits per heavy atom. The van der Waals surface area contributed by atoms with Crippen molar-refractivity contribution in [1.29, 1.82) is 0 Å². The monoisotopic (exact) mass is 275 g/mol. The van der Waals surface area contributed by atoms with E-state index in [9.17, 15) is 9.90 Å². The molecule has 0 heterocycles. The van der Waals surface area contributed by atoms with Crippen molar-refractivity contribution in [3.05, 3.63) is 35.9 Å². The average molecular weight is 275 g/mol. The van der Waals surface area contributed by atoms with Crippen LogP contribution in [0, 0.1) is 0 Å². The van der Waals surface area contributed by atoms with Crippen molar-refractivity contribution in [2.45, 2.75) is 31.2 Å². The molecule has 4 nitrogen and oxygen atoms in total. The first-order valence-electron chi connectivity index (χ1n) is 6.93. The van der Waals surface area contributed by atoms with Gasteiger partial charge >= 0.3 is 0 Å². The fraction of sp³-hybridized carbons (Fsp3) is 0.438. The summed E-state index contributed by atoms with van der Waals surface area (Å²) in [4.78, 5) is 12.0. The van der Waals surface area contributed by atoms with Gasteiger partial charge in [-0.25, -0.2) is 0 Å². The third kappa shape index (κ3) is 3.39. The van der Waals surface area contributed by atoms with Crippen molar-refractivity contribution in [3.8, 4) is 5.75 Å². The molecule has 0 aromatic heterocycles. The number of rotatable bonds is 5. The standard InChI is InChI=1S/C16H21NO3/c1-20-14-7-3-2-6-13(14)8-9-15(19)17-16(12-18)10-4-5-11-16/h2-3,6-9,18H,4-5,10-12H2,1H3,(H,17,19)/b9-8+. The molecule has 1 aromatic rings. The molecule has 0 radical (unpaired) electrons. The summed E-state index contributed by atoms with van der Waals surface area (Å²) in [5.74, 6) is 0.557. The molecule has 2 rings (SSSR count). The topological polar surface area (TPSA) is 58.6 Å². The molecule has 1 fully saturated rings. The third-order valence-electron chi connectivity index (χ3n) is 3.80. The Hall–Kier alpha value is -1.81. The molecule has 108 valence electrons. The van der Waals surface area contributed by atoms with Gasteiger partial charge in [0.25, 0.3) is 0 Å². The van der Waals surface area contributed by atoms with Crippen LogP contribution in [0.15, 0.2) is 30.3 Å².